The lowest BCUT2D eigenvalue weighted by Crippen LogP contribution is -2.24. The van der Waals surface area contributed by atoms with Crippen LogP contribution in [0.15, 0.2) is 59.3 Å². The lowest BCUT2D eigenvalue weighted by Gasteiger charge is -2.16. The fourth-order valence-corrected chi connectivity index (χ4v) is 2.45. The third kappa shape index (κ3) is 3.83. The van der Waals surface area contributed by atoms with Crippen LogP contribution < -0.4 is 5.32 Å². The molecule has 0 bridgehead atoms. The lowest BCUT2D eigenvalue weighted by molar-refractivity contribution is -0.152. The van der Waals surface area contributed by atoms with Crippen molar-refractivity contribution in [1.29, 1.82) is 0 Å². The Bertz CT molecular complexity index is 841. The smallest absolute Gasteiger partial charge is 0.355 e. The maximum atomic E-state index is 12.3. The number of cyclic esters (lactones) is 1. The summed E-state index contributed by atoms with van der Waals surface area (Å²) in [5.41, 5.74) is 3.38. The predicted octanol–water partition coefficient (Wildman–Crippen LogP) is 3.91. The average Bonchev–Trinajstić information content (AvgIpc) is 2.85. The molecule has 0 fully saturated rings. The van der Waals surface area contributed by atoms with Gasteiger partial charge in [-0.1, -0.05) is 47.0 Å². The van der Waals surface area contributed by atoms with Crippen molar-refractivity contribution in [2.45, 2.75) is 20.1 Å². The van der Waals surface area contributed by atoms with Crippen molar-refractivity contribution in [2.75, 3.05) is 5.32 Å². The zero-order valence-corrected chi connectivity index (χ0v) is 14.5. The van der Waals surface area contributed by atoms with Crippen molar-refractivity contribution in [3.05, 3.63) is 76.0 Å². The SMILES string of the molecule is Cc1ccc(NC2=C(Cl)C(=O)O[C@H]2OC(=O)c2ccc(C)cc2)cc1. The Morgan fingerprint density at radius 3 is 2.20 bits per heavy atom. The van der Waals surface area contributed by atoms with Gasteiger partial charge >= 0.3 is 11.9 Å². The van der Waals surface area contributed by atoms with Crippen LogP contribution in [0, 0.1) is 13.8 Å². The second-order valence-corrected chi connectivity index (χ2v) is 6.11. The van der Waals surface area contributed by atoms with Crippen LogP contribution in [0.5, 0.6) is 0 Å². The molecule has 0 saturated heterocycles. The van der Waals surface area contributed by atoms with Gasteiger partial charge in [0.25, 0.3) is 6.29 Å². The Labute approximate surface area is 150 Å². The molecule has 0 aromatic heterocycles. The van der Waals surface area contributed by atoms with E-state index in [9.17, 15) is 9.59 Å². The Hall–Kier alpha value is -2.79. The van der Waals surface area contributed by atoms with Crippen molar-refractivity contribution >= 4 is 29.2 Å². The molecular weight excluding hydrogens is 342 g/mol. The molecule has 1 heterocycles. The number of carbonyl (C=O) groups excluding carboxylic acids is 2. The summed E-state index contributed by atoms with van der Waals surface area (Å²) in [6.07, 6.45) is -1.21. The van der Waals surface area contributed by atoms with Gasteiger partial charge in [-0.2, -0.15) is 0 Å². The third-order valence-corrected chi connectivity index (χ3v) is 4.06. The zero-order chi connectivity index (χ0) is 18.0. The van der Waals surface area contributed by atoms with E-state index >= 15 is 0 Å². The van der Waals surface area contributed by atoms with Gasteiger partial charge in [-0.25, -0.2) is 9.59 Å². The first-order chi connectivity index (χ1) is 11.9. The van der Waals surface area contributed by atoms with Gasteiger partial charge in [-0.05, 0) is 38.1 Å². The van der Waals surface area contributed by atoms with Crippen LogP contribution in [-0.2, 0) is 14.3 Å². The topological polar surface area (TPSA) is 64.6 Å². The largest absolute Gasteiger partial charge is 0.415 e. The van der Waals surface area contributed by atoms with Crippen LogP contribution in [0.25, 0.3) is 0 Å². The van der Waals surface area contributed by atoms with E-state index in [-0.39, 0.29) is 10.7 Å². The summed E-state index contributed by atoms with van der Waals surface area (Å²) in [6, 6.07) is 14.3. The van der Waals surface area contributed by atoms with Crippen molar-refractivity contribution in [1.82, 2.24) is 0 Å². The zero-order valence-electron chi connectivity index (χ0n) is 13.7. The number of anilines is 1. The number of aryl methyl sites for hydroxylation is 2. The number of nitrogens with one attached hydrogen (secondary N) is 1. The summed E-state index contributed by atoms with van der Waals surface area (Å²) in [7, 11) is 0. The molecule has 0 amide bonds. The number of hydrogen-bond donors (Lipinski definition) is 1. The molecule has 1 aliphatic rings. The van der Waals surface area contributed by atoms with Gasteiger partial charge in [0.15, 0.2) is 5.03 Å². The Morgan fingerprint density at radius 2 is 1.60 bits per heavy atom. The molecule has 2 aromatic carbocycles. The molecule has 2 aromatic rings. The van der Waals surface area contributed by atoms with E-state index < -0.39 is 18.2 Å². The summed E-state index contributed by atoms with van der Waals surface area (Å²) < 4.78 is 10.3. The fourth-order valence-electron chi connectivity index (χ4n) is 2.27. The number of hydrogen-bond acceptors (Lipinski definition) is 5. The van der Waals surface area contributed by atoms with E-state index in [1.807, 2.05) is 38.1 Å². The first kappa shape index (κ1) is 17.0. The Kier molecular flexibility index (Phi) is 4.76. The molecule has 1 N–H and O–H groups in total. The van der Waals surface area contributed by atoms with Crippen LogP contribution >= 0.6 is 11.6 Å². The van der Waals surface area contributed by atoms with Crippen molar-refractivity contribution in [2.24, 2.45) is 0 Å². The van der Waals surface area contributed by atoms with Gasteiger partial charge in [0, 0.05) is 5.69 Å². The summed E-state index contributed by atoms with van der Waals surface area (Å²) in [6.45, 7) is 3.88. The summed E-state index contributed by atoms with van der Waals surface area (Å²) in [5, 5.41) is 2.85. The fraction of sp³-hybridized carbons (Fsp3) is 0.158. The third-order valence-electron chi connectivity index (χ3n) is 3.70. The Morgan fingerprint density at radius 1 is 1.04 bits per heavy atom. The number of esters is 2. The second kappa shape index (κ2) is 6.99. The maximum absolute atomic E-state index is 12.3. The van der Waals surface area contributed by atoms with E-state index in [2.05, 4.69) is 5.32 Å². The van der Waals surface area contributed by atoms with Crippen LogP contribution in [0.4, 0.5) is 5.69 Å². The normalized spacial score (nSPS) is 16.6. The predicted molar refractivity (Wildman–Crippen MR) is 94.2 cm³/mol. The van der Waals surface area contributed by atoms with Crippen LogP contribution in [0.1, 0.15) is 21.5 Å². The van der Waals surface area contributed by atoms with Crippen LogP contribution in [-0.4, -0.2) is 18.2 Å². The van der Waals surface area contributed by atoms with E-state index in [4.69, 9.17) is 21.1 Å². The molecule has 0 radical (unpaired) electrons. The van der Waals surface area contributed by atoms with Gasteiger partial charge in [-0.15, -0.1) is 0 Å². The van der Waals surface area contributed by atoms with Gasteiger partial charge in [0.1, 0.15) is 5.70 Å². The molecule has 0 unspecified atom stereocenters. The van der Waals surface area contributed by atoms with E-state index in [1.54, 1.807) is 24.3 Å². The highest BCUT2D eigenvalue weighted by Crippen LogP contribution is 2.28. The van der Waals surface area contributed by atoms with Crippen LogP contribution in [0.2, 0.25) is 0 Å². The van der Waals surface area contributed by atoms with Gasteiger partial charge in [0.05, 0.1) is 5.56 Å². The quantitative estimate of drug-likeness (QED) is 0.840. The number of halogens is 1. The molecular formula is C19H16ClNO4. The molecule has 1 aliphatic heterocycles. The molecule has 0 aliphatic carbocycles. The van der Waals surface area contributed by atoms with E-state index in [1.165, 1.54) is 0 Å². The molecule has 3 rings (SSSR count). The van der Waals surface area contributed by atoms with E-state index in [0.717, 1.165) is 11.1 Å². The second-order valence-electron chi connectivity index (χ2n) is 5.73. The maximum Gasteiger partial charge on any atom is 0.355 e. The molecule has 0 spiro atoms. The minimum atomic E-state index is -1.21. The molecule has 25 heavy (non-hydrogen) atoms. The molecule has 6 heteroatoms. The number of rotatable bonds is 4. The number of ether oxygens (including phenoxy) is 2. The highest BCUT2D eigenvalue weighted by molar-refractivity contribution is 6.42. The minimum absolute atomic E-state index is 0.137. The first-order valence-electron chi connectivity index (χ1n) is 7.66. The number of benzene rings is 2. The molecule has 0 saturated carbocycles. The average molecular weight is 358 g/mol. The standard InChI is InChI=1S/C19H16ClNO4/c1-11-3-7-13(8-4-11)17(22)24-19-16(15(20)18(23)25-19)21-14-9-5-12(2)6-10-14/h3-10,19,21H,1-2H3/t19-/m1/s1. The van der Waals surface area contributed by atoms with Crippen molar-refractivity contribution in [3.63, 3.8) is 0 Å². The summed E-state index contributed by atoms with van der Waals surface area (Å²) in [4.78, 5) is 24.0. The molecule has 5 nitrogen and oxygen atoms in total. The molecule has 128 valence electrons. The Balaban J connectivity index is 1.78. The number of carbonyl (C=O) groups is 2. The highest BCUT2D eigenvalue weighted by atomic mass is 35.5. The highest BCUT2D eigenvalue weighted by Gasteiger charge is 2.36. The van der Waals surface area contributed by atoms with E-state index in [0.29, 0.717) is 11.3 Å². The monoisotopic (exact) mass is 357 g/mol. The van der Waals surface area contributed by atoms with Crippen molar-refractivity contribution in [3.8, 4) is 0 Å². The minimum Gasteiger partial charge on any atom is -0.415 e. The van der Waals surface area contributed by atoms with Crippen molar-refractivity contribution < 1.29 is 19.1 Å². The lowest BCUT2D eigenvalue weighted by atomic mass is 10.1. The summed E-state index contributed by atoms with van der Waals surface area (Å²) >= 11 is 6.01. The van der Waals surface area contributed by atoms with Crippen LogP contribution in [0.3, 0.4) is 0 Å². The summed E-state index contributed by atoms with van der Waals surface area (Å²) in [5.74, 6) is -1.34. The molecule has 1 atom stereocenters. The van der Waals surface area contributed by atoms with Gasteiger partial charge < -0.3 is 14.8 Å². The first-order valence-corrected chi connectivity index (χ1v) is 8.04. The van der Waals surface area contributed by atoms with Gasteiger partial charge in [0.2, 0.25) is 0 Å². The van der Waals surface area contributed by atoms with Gasteiger partial charge in [-0.3, -0.25) is 0 Å².